The molecular weight excluding hydrogens is 260 g/mol. The SMILES string of the molecule is S=c1cc(C2CC2)[nH]c(CSc2ccccc2)n1. The smallest absolute Gasteiger partial charge is 0.130 e. The van der Waals surface area contributed by atoms with Crippen molar-refractivity contribution >= 4 is 24.0 Å². The number of benzene rings is 1. The average Bonchev–Trinajstić information content (AvgIpc) is 3.21. The van der Waals surface area contributed by atoms with E-state index in [0.717, 1.165) is 11.6 Å². The summed E-state index contributed by atoms with van der Waals surface area (Å²) < 4.78 is 0.708. The molecule has 2 nitrogen and oxygen atoms in total. The van der Waals surface area contributed by atoms with Crippen molar-refractivity contribution in [2.45, 2.75) is 29.4 Å². The standard InChI is InChI=1S/C14H14N2S2/c17-14-8-12(10-6-7-10)15-13(16-14)9-18-11-4-2-1-3-5-11/h1-5,8,10H,6-7,9H2,(H,15,16,17). The molecule has 2 aromatic rings. The van der Waals surface area contributed by atoms with Gasteiger partial charge in [-0.1, -0.05) is 30.4 Å². The van der Waals surface area contributed by atoms with Gasteiger partial charge in [-0.25, -0.2) is 4.98 Å². The van der Waals surface area contributed by atoms with E-state index < -0.39 is 0 Å². The predicted molar refractivity (Wildman–Crippen MR) is 77.4 cm³/mol. The number of hydrogen-bond acceptors (Lipinski definition) is 3. The fourth-order valence-corrected chi connectivity index (χ4v) is 2.91. The molecule has 1 heterocycles. The first-order valence-corrected chi connectivity index (χ1v) is 7.48. The van der Waals surface area contributed by atoms with Gasteiger partial charge in [0, 0.05) is 10.6 Å². The maximum atomic E-state index is 5.22. The van der Waals surface area contributed by atoms with Crippen molar-refractivity contribution < 1.29 is 0 Å². The van der Waals surface area contributed by atoms with E-state index in [1.807, 2.05) is 12.1 Å². The van der Waals surface area contributed by atoms with Crippen molar-refractivity contribution in [3.8, 4) is 0 Å². The van der Waals surface area contributed by atoms with E-state index in [4.69, 9.17) is 12.2 Å². The van der Waals surface area contributed by atoms with Crippen LogP contribution < -0.4 is 0 Å². The third kappa shape index (κ3) is 3.00. The van der Waals surface area contributed by atoms with Crippen molar-refractivity contribution in [1.82, 2.24) is 9.97 Å². The summed E-state index contributed by atoms with van der Waals surface area (Å²) in [4.78, 5) is 9.08. The summed E-state index contributed by atoms with van der Waals surface area (Å²) >= 11 is 7.01. The van der Waals surface area contributed by atoms with Gasteiger partial charge in [0.15, 0.2) is 0 Å². The minimum absolute atomic E-state index is 0.690. The molecule has 92 valence electrons. The molecule has 0 aliphatic heterocycles. The molecule has 0 amide bonds. The van der Waals surface area contributed by atoms with E-state index >= 15 is 0 Å². The van der Waals surface area contributed by atoms with Gasteiger partial charge < -0.3 is 4.98 Å². The van der Waals surface area contributed by atoms with Gasteiger partial charge in [-0.2, -0.15) is 0 Å². The van der Waals surface area contributed by atoms with E-state index in [2.05, 4.69) is 34.2 Å². The molecule has 0 saturated heterocycles. The Labute approximate surface area is 116 Å². The Balaban J connectivity index is 1.74. The van der Waals surface area contributed by atoms with E-state index in [1.165, 1.54) is 23.4 Å². The number of aromatic amines is 1. The quantitative estimate of drug-likeness (QED) is 0.665. The van der Waals surface area contributed by atoms with Crippen LogP contribution in [0.4, 0.5) is 0 Å². The summed E-state index contributed by atoms with van der Waals surface area (Å²) in [6.45, 7) is 0. The van der Waals surface area contributed by atoms with Crippen LogP contribution in [-0.2, 0) is 5.75 Å². The summed E-state index contributed by atoms with van der Waals surface area (Å²) in [5, 5.41) is 0. The third-order valence-electron chi connectivity index (χ3n) is 2.95. The Kier molecular flexibility index (Phi) is 3.48. The molecule has 1 fully saturated rings. The minimum atomic E-state index is 0.690. The van der Waals surface area contributed by atoms with Crippen molar-refractivity contribution in [1.29, 1.82) is 0 Å². The van der Waals surface area contributed by atoms with Crippen molar-refractivity contribution in [2.75, 3.05) is 0 Å². The van der Waals surface area contributed by atoms with E-state index in [0.29, 0.717) is 10.6 Å². The Hall–Kier alpha value is -1.13. The van der Waals surface area contributed by atoms with Crippen LogP contribution >= 0.6 is 24.0 Å². The Morgan fingerprint density at radius 1 is 1.28 bits per heavy atom. The molecular formula is C14H14N2S2. The number of thioether (sulfide) groups is 1. The molecule has 0 spiro atoms. The summed E-state index contributed by atoms with van der Waals surface area (Å²) in [6.07, 6.45) is 2.56. The zero-order valence-electron chi connectivity index (χ0n) is 9.93. The lowest BCUT2D eigenvalue weighted by molar-refractivity contribution is 0.925. The highest BCUT2D eigenvalue weighted by Gasteiger charge is 2.24. The van der Waals surface area contributed by atoms with Crippen LogP contribution in [0.5, 0.6) is 0 Å². The predicted octanol–water partition coefficient (Wildman–Crippen LogP) is 4.31. The van der Waals surface area contributed by atoms with E-state index in [9.17, 15) is 0 Å². The van der Waals surface area contributed by atoms with Crippen molar-refractivity contribution in [3.63, 3.8) is 0 Å². The fourth-order valence-electron chi connectivity index (χ4n) is 1.88. The highest BCUT2D eigenvalue weighted by atomic mass is 32.2. The Bertz CT molecular complexity index is 588. The molecule has 4 heteroatoms. The molecule has 0 bridgehead atoms. The van der Waals surface area contributed by atoms with E-state index in [1.54, 1.807) is 11.8 Å². The van der Waals surface area contributed by atoms with Crippen LogP contribution in [0.15, 0.2) is 41.3 Å². The normalized spacial score (nSPS) is 14.7. The second-order valence-corrected chi connectivity index (χ2v) is 5.96. The first-order chi connectivity index (χ1) is 8.81. The third-order valence-corrected chi connectivity index (χ3v) is 4.18. The topological polar surface area (TPSA) is 28.7 Å². The lowest BCUT2D eigenvalue weighted by Gasteiger charge is -2.05. The second kappa shape index (κ2) is 5.24. The summed E-state index contributed by atoms with van der Waals surface area (Å²) in [7, 11) is 0. The van der Waals surface area contributed by atoms with Crippen LogP contribution in [0, 0.1) is 4.64 Å². The van der Waals surface area contributed by atoms with Crippen LogP contribution in [0.3, 0.4) is 0 Å². The largest absolute Gasteiger partial charge is 0.346 e. The van der Waals surface area contributed by atoms with Gasteiger partial charge in [0.25, 0.3) is 0 Å². The monoisotopic (exact) mass is 274 g/mol. The van der Waals surface area contributed by atoms with Gasteiger partial charge in [-0.3, -0.25) is 0 Å². The van der Waals surface area contributed by atoms with Gasteiger partial charge in [0.2, 0.25) is 0 Å². The van der Waals surface area contributed by atoms with Crippen LogP contribution in [-0.4, -0.2) is 9.97 Å². The van der Waals surface area contributed by atoms with Crippen molar-refractivity contribution in [3.05, 3.63) is 52.6 Å². The van der Waals surface area contributed by atoms with Gasteiger partial charge in [0.1, 0.15) is 10.5 Å². The fraction of sp³-hybridized carbons (Fsp3) is 0.286. The van der Waals surface area contributed by atoms with Crippen molar-refractivity contribution in [2.24, 2.45) is 0 Å². The lowest BCUT2D eigenvalue weighted by atomic mass is 10.3. The molecule has 1 aromatic heterocycles. The molecule has 0 atom stereocenters. The van der Waals surface area contributed by atoms with E-state index in [-0.39, 0.29) is 0 Å². The summed E-state index contributed by atoms with van der Waals surface area (Å²) in [5.41, 5.74) is 1.26. The molecule has 1 saturated carbocycles. The Morgan fingerprint density at radius 3 is 2.78 bits per heavy atom. The minimum Gasteiger partial charge on any atom is -0.346 e. The van der Waals surface area contributed by atoms with Crippen LogP contribution in [0.1, 0.15) is 30.3 Å². The first-order valence-electron chi connectivity index (χ1n) is 6.09. The molecule has 1 aliphatic rings. The maximum Gasteiger partial charge on any atom is 0.130 e. The highest BCUT2D eigenvalue weighted by Crippen LogP contribution is 2.39. The molecule has 3 rings (SSSR count). The molecule has 1 aliphatic carbocycles. The van der Waals surface area contributed by atoms with Crippen LogP contribution in [0.25, 0.3) is 0 Å². The lowest BCUT2D eigenvalue weighted by Crippen LogP contribution is -1.97. The maximum absolute atomic E-state index is 5.22. The number of H-pyrrole nitrogens is 1. The molecule has 0 radical (unpaired) electrons. The molecule has 1 N–H and O–H groups in total. The second-order valence-electron chi connectivity index (χ2n) is 4.50. The van der Waals surface area contributed by atoms with Gasteiger partial charge in [-0.15, -0.1) is 11.8 Å². The number of nitrogens with one attached hydrogen (secondary N) is 1. The zero-order chi connectivity index (χ0) is 12.4. The number of hydrogen-bond donors (Lipinski definition) is 1. The van der Waals surface area contributed by atoms with Gasteiger partial charge in [0.05, 0.1) is 5.75 Å². The highest BCUT2D eigenvalue weighted by molar-refractivity contribution is 7.98. The number of aromatic nitrogens is 2. The summed E-state index contributed by atoms with van der Waals surface area (Å²) in [6, 6.07) is 12.4. The van der Waals surface area contributed by atoms with Gasteiger partial charge in [-0.05, 0) is 37.0 Å². The van der Waals surface area contributed by atoms with Gasteiger partial charge >= 0.3 is 0 Å². The number of nitrogens with zero attached hydrogens (tertiary/aromatic N) is 1. The summed E-state index contributed by atoms with van der Waals surface area (Å²) in [5.74, 6) is 2.52. The Morgan fingerprint density at radius 2 is 2.06 bits per heavy atom. The van der Waals surface area contributed by atoms with Crippen LogP contribution in [0.2, 0.25) is 0 Å². The molecule has 0 unspecified atom stereocenters. The zero-order valence-corrected chi connectivity index (χ0v) is 11.6. The average molecular weight is 274 g/mol. The number of rotatable bonds is 4. The first kappa shape index (κ1) is 11.9. The molecule has 1 aromatic carbocycles. The molecule has 18 heavy (non-hydrogen) atoms.